The Bertz CT molecular complexity index is 781. The average molecular weight is 361 g/mol. The second kappa shape index (κ2) is 9.04. The average Bonchev–Trinajstić information content (AvgIpc) is 2.56. The van der Waals surface area contributed by atoms with Gasteiger partial charge in [-0.1, -0.05) is 42.5 Å². The first-order chi connectivity index (χ1) is 11.9. The van der Waals surface area contributed by atoms with Crippen LogP contribution in [-0.4, -0.2) is 12.1 Å². The van der Waals surface area contributed by atoms with Gasteiger partial charge in [0.25, 0.3) is 0 Å². The fourth-order valence-electron chi connectivity index (χ4n) is 2.32. The third-order valence-corrected chi connectivity index (χ3v) is 3.89. The molecule has 0 unspecified atom stereocenters. The molecular formula is C18H20NO5P. The van der Waals surface area contributed by atoms with Gasteiger partial charge in [0.1, 0.15) is 12.4 Å². The van der Waals surface area contributed by atoms with Crippen molar-refractivity contribution in [3.8, 4) is 5.75 Å². The number of hydrogen-bond acceptors (Lipinski definition) is 5. The molecular weight excluding hydrogens is 341 g/mol. The first kappa shape index (κ1) is 18.7. The Kier molecular flexibility index (Phi) is 6.78. The zero-order valence-electron chi connectivity index (χ0n) is 14.1. The van der Waals surface area contributed by atoms with Crippen molar-refractivity contribution in [2.24, 2.45) is 0 Å². The van der Waals surface area contributed by atoms with Crippen LogP contribution in [-0.2, 0) is 26.9 Å². The monoisotopic (exact) mass is 361 g/mol. The van der Waals surface area contributed by atoms with Crippen LogP contribution in [0.5, 0.6) is 5.75 Å². The third-order valence-electron chi connectivity index (χ3n) is 3.54. The van der Waals surface area contributed by atoms with Crippen molar-refractivity contribution in [1.29, 1.82) is 0 Å². The molecule has 2 aromatic rings. The highest BCUT2D eigenvalue weighted by molar-refractivity contribution is 7.25. The molecule has 6 nitrogen and oxygen atoms in total. The van der Waals surface area contributed by atoms with Gasteiger partial charge in [0.2, 0.25) is 0 Å². The molecule has 7 heteroatoms. The smallest absolute Gasteiger partial charge is 0.445 e. The second-order valence-corrected chi connectivity index (χ2v) is 6.36. The lowest BCUT2D eigenvalue weighted by atomic mass is 10.0. The quantitative estimate of drug-likeness (QED) is 0.743. The van der Waals surface area contributed by atoms with Crippen molar-refractivity contribution in [1.82, 2.24) is 5.32 Å². The van der Waals surface area contributed by atoms with Crippen LogP contribution >= 0.6 is 7.91 Å². The van der Waals surface area contributed by atoms with E-state index < -0.39 is 14.0 Å². The molecule has 0 saturated carbocycles. The molecule has 1 N–H and O–H groups in total. The summed E-state index contributed by atoms with van der Waals surface area (Å²) in [6.45, 7) is 3.82. The van der Waals surface area contributed by atoms with Crippen LogP contribution in [0.4, 0.5) is 4.79 Å². The highest BCUT2D eigenvalue weighted by Gasteiger charge is 2.11. The van der Waals surface area contributed by atoms with Crippen molar-refractivity contribution >= 4 is 14.0 Å². The van der Waals surface area contributed by atoms with E-state index in [2.05, 4.69) is 5.32 Å². The summed E-state index contributed by atoms with van der Waals surface area (Å²) in [6, 6.07) is 14.5. The van der Waals surface area contributed by atoms with Gasteiger partial charge in [-0.3, -0.25) is 0 Å². The lowest BCUT2D eigenvalue weighted by Gasteiger charge is -2.15. The summed E-state index contributed by atoms with van der Waals surface area (Å²) in [4.78, 5) is 11.8. The minimum atomic E-state index is -2.96. The van der Waals surface area contributed by atoms with E-state index in [4.69, 9.17) is 9.26 Å². The number of hydrogen-bond donors (Lipinski definition) is 1. The summed E-state index contributed by atoms with van der Waals surface area (Å²) in [5.41, 5.74) is 2.50. The Hall–Kier alpha value is -2.59. The van der Waals surface area contributed by atoms with E-state index in [0.717, 1.165) is 16.7 Å². The number of alkyl carbamates (subject to hydrolysis) is 1. The van der Waals surface area contributed by atoms with Crippen molar-refractivity contribution in [2.75, 3.05) is 0 Å². The van der Waals surface area contributed by atoms with Gasteiger partial charge in [-0.15, -0.1) is 0 Å². The summed E-state index contributed by atoms with van der Waals surface area (Å²) in [7, 11) is -2.96. The number of amides is 1. The molecule has 0 fully saturated rings. The molecule has 0 bridgehead atoms. The van der Waals surface area contributed by atoms with Gasteiger partial charge in [-0.05, 0) is 43.0 Å². The van der Waals surface area contributed by atoms with Crippen LogP contribution in [0.15, 0.2) is 48.5 Å². The van der Waals surface area contributed by atoms with Crippen LogP contribution in [0.1, 0.15) is 23.6 Å². The van der Waals surface area contributed by atoms with Gasteiger partial charge in [-0.2, -0.15) is 9.13 Å². The number of benzene rings is 2. The Morgan fingerprint density at radius 1 is 1.12 bits per heavy atom. The first-order valence-electron chi connectivity index (χ1n) is 7.83. The topological polar surface area (TPSA) is 81.7 Å². The molecule has 25 heavy (non-hydrogen) atoms. The van der Waals surface area contributed by atoms with Crippen LogP contribution < -0.4 is 9.84 Å². The van der Waals surface area contributed by atoms with Gasteiger partial charge in [0.15, 0.2) is 0 Å². The van der Waals surface area contributed by atoms with Crippen molar-refractivity contribution < 1.29 is 23.2 Å². The third kappa shape index (κ3) is 6.43. The Balaban J connectivity index is 1.87. The second-order valence-electron chi connectivity index (χ2n) is 5.73. The van der Waals surface area contributed by atoms with E-state index in [1.165, 1.54) is 0 Å². The molecule has 0 aliphatic carbocycles. The van der Waals surface area contributed by atoms with Crippen molar-refractivity contribution in [3.05, 3.63) is 65.2 Å². The fourth-order valence-corrected chi connectivity index (χ4v) is 2.68. The molecule has 0 heterocycles. The molecule has 0 aliphatic heterocycles. The molecule has 1 atom stereocenters. The van der Waals surface area contributed by atoms with E-state index in [9.17, 15) is 13.9 Å². The SMILES string of the molecule is Cc1ccc(C[C@@H](C)NC(=O)OCc2ccccc2)cc1OP(=O)=O. The molecule has 0 aromatic heterocycles. The maximum absolute atomic E-state index is 11.8. The molecule has 0 aliphatic rings. The number of carbonyl (C=O) groups excluding carboxylic acids is 1. The predicted octanol–water partition coefficient (Wildman–Crippen LogP) is 4.32. The van der Waals surface area contributed by atoms with Gasteiger partial charge >= 0.3 is 14.0 Å². The lowest BCUT2D eigenvalue weighted by Crippen LogP contribution is -2.34. The van der Waals surface area contributed by atoms with Gasteiger partial charge in [0, 0.05) is 6.04 Å². The molecule has 0 saturated heterocycles. The Morgan fingerprint density at radius 2 is 1.84 bits per heavy atom. The largest absolute Gasteiger partial charge is 0.529 e. The van der Waals surface area contributed by atoms with E-state index in [1.54, 1.807) is 19.1 Å². The summed E-state index contributed by atoms with van der Waals surface area (Å²) in [6.07, 6.45) is 0.0229. The molecule has 132 valence electrons. The van der Waals surface area contributed by atoms with Crippen LogP contribution in [0.3, 0.4) is 0 Å². The van der Waals surface area contributed by atoms with E-state index in [0.29, 0.717) is 12.2 Å². The molecule has 2 rings (SSSR count). The molecule has 0 radical (unpaired) electrons. The highest BCUT2D eigenvalue weighted by Crippen LogP contribution is 2.25. The summed E-state index contributed by atoms with van der Waals surface area (Å²) < 4.78 is 31.4. The molecule has 0 spiro atoms. The number of carbonyl (C=O) groups is 1. The summed E-state index contributed by atoms with van der Waals surface area (Å²) in [5, 5.41) is 2.75. The fraction of sp³-hybridized carbons (Fsp3) is 0.278. The standard InChI is InChI=1S/C18H20NO5P/c1-13-8-9-16(11-17(13)24-25(21)22)10-14(2)19-18(20)23-12-15-6-4-3-5-7-15/h3-9,11,14H,10,12H2,1-2H3,(H,19,20)/t14-/m1/s1. The zero-order chi connectivity index (χ0) is 18.2. The minimum Gasteiger partial charge on any atom is -0.445 e. The van der Waals surface area contributed by atoms with E-state index in [-0.39, 0.29) is 12.6 Å². The Morgan fingerprint density at radius 3 is 2.52 bits per heavy atom. The Labute approximate surface area is 147 Å². The zero-order valence-corrected chi connectivity index (χ0v) is 15.0. The highest BCUT2D eigenvalue weighted by atomic mass is 31.1. The van der Waals surface area contributed by atoms with Gasteiger partial charge in [-0.25, -0.2) is 4.79 Å². The van der Waals surface area contributed by atoms with Crippen molar-refractivity contribution in [2.45, 2.75) is 32.9 Å². The number of ether oxygens (including phenoxy) is 1. The van der Waals surface area contributed by atoms with Crippen LogP contribution in [0.2, 0.25) is 0 Å². The maximum Gasteiger partial charge on any atom is 0.529 e. The van der Waals surface area contributed by atoms with Gasteiger partial charge < -0.3 is 14.6 Å². The number of rotatable bonds is 7. The van der Waals surface area contributed by atoms with Crippen LogP contribution in [0.25, 0.3) is 0 Å². The number of aryl methyl sites for hydroxylation is 1. The molecule has 2 aromatic carbocycles. The summed E-state index contributed by atoms with van der Waals surface area (Å²) >= 11 is 0. The van der Waals surface area contributed by atoms with E-state index in [1.807, 2.05) is 43.3 Å². The molecule has 1 amide bonds. The first-order valence-corrected chi connectivity index (χ1v) is 8.92. The summed E-state index contributed by atoms with van der Waals surface area (Å²) in [5.74, 6) is 0.299. The van der Waals surface area contributed by atoms with Crippen LogP contribution in [0, 0.1) is 6.92 Å². The minimum absolute atomic E-state index is 0.181. The maximum atomic E-state index is 11.8. The number of nitrogens with one attached hydrogen (secondary N) is 1. The normalized spacial score (nSPS) is 11.4. The van der Waals surface area contributed by atoms with Crippen molar-refractivity contribution in [3.63, 3.8) is 0 Å². The predicted molar refractivity (Wildman–Crippen MR) is 93.0 cm³/mol. The van der Waals surface area contributed by atoms with E-state index >= 15 is 0 Å². The van der Waals surface area contributed by atoms with Gasteiger partial charge in [0.05, 0.1) is 0 Å². The lowest BCUT2D eigenvalue weighted by molar-refractivity contribution is 0.136.